The summed E-state index contributed by atoms with van der Waals surface area (Å²) in [6.07, 6.45) is 3.89. The number of hydrogen-bond donors (Lipinski definition) is 3. The van der Waals surface area contributed by atoms with Gasteiger partial charge in [0.15, 0.2) is 0 Å². The Labute approximate surface area is 194 Å². The summed E-state index contributed by atoms with van der Waals surface area (Å²) in [5, 5.41) is 4.99. The van der Waals surface area contributed by atoms with E-state index >= 15 is 0 Å². The van der Waals surface area contributed by atoms with Gasteiger partial charge < -0.3 is 5.73 Å². The Morgan fingerprint density at radius 3 is 2.56 bits per heavy atom. The van der Waals surface area contributed by atoms with E-state index in [1.54, 1.807) is 11.3 Å². The van der Waals surface area contributed by atoms with Crippen LogP contribution in [0.5, 0.6) is 0 Å². The third-order valence-corrected chi connectivity index (χ3v) is 11.0. The predicted octanol–water partition coefficient (Wildman–Crippen LogP) is 4.78. The maximum atomic E-state index is 12.8. The molecule has 1 saturated heterocycles. The summed E-state index contributed by atoms with van der Waals surface area (Å²) >= 11 is 1.66. The third kappa shape index (κ3) is 5.57. The number of nitrogens with two attached hydrogens (primary N) is 1. The van der Waals surface area contributed by atoms with Gasteiger partial charge in [0.05, 0.1) is 5.69 Å². The maximum absolute atomic E-state index is 12.8. The Morgan fingerprint density at radius 2 is 1.91 bits per heavy atom. The van der Waals surface area contributed by atoms with Crippen LogP contribution in [-0.4, -0.2) is 53.8 Å². The molecule has 0 bridgehead atoms. The van der Waals surface area contributed by atoms with Crippen LogP contribution in [0, 0.1) is 0 Å². The summed E-state index contributed by atoms with van der Waals surface area (Å²) in [6, 6.07) is 17.6. The van der Waals surface area contributed by atoms with E-state index in [2.05, 4.69) is 23.2 Å². The van der Waals surface area contributed by atoms with Crippen molar-refractivity contribution in [2.45, 2.75) is 13.3 Å². The van der Waals surface area contributed by atoms with Crippen molar-refractivity contribution in [3.8, 4) is 10.4 Å². The topological polar surface area (TPSA) is 78.6 Å². The summed E-state index contributed by atoms with van der Waals surface area (Å²) < 4.78 is 0. The SMILES string of the molecule is CC[PH]1(O)CCN(CCc2ccc(C(=O)Nc3cc(-c4cccs4)ccc3N)cc2)CC1. The zero-order chi connectivity index (χ0) is 22.6. The molecule has 170 valence electrons. The number of benzene rings is 2. The summed E-state index contributed by atoms with van der Waals surface area (Å²) in [5.41, 5.74) is 10.2. The fourth-order valence-corrected chi connectivity index (χ4v) is 7.26. The van der Waals surface area contributed by atoms with Crippen molar-refractivity contribution >= 4 is 36.1 Å². The number of carbonyl (C=O) groups excluding carboxylic acids is 1. The van der Waals surface area contributed by atoms with Gasteiger partial charge >= 0.3 is 126 Å². The van der Waals surface area contributed by atoms with Crippen molar-refractivity contribution in [2.24, 2.45) is 0 Å². The Morgan fingerprint density at radius 1 is 1.16 bits per heavy atom. The molecule has 4 N–H and O–H groups in total. The van der Waals surface area contributed by atoms with Gasteiger partial charge in [-0.1, -0.05) is 12.1 Å². The van der Waals surface area contributed by atoms with Gasteiger partial charge in [0.25, 0.3) is 0 Å². The van der Waals surface area contributed by atoms with E-state index in [9.17, 15) is 9.69 Å². The quantitative estimate of drug-likeness (QED) is 0.344. The first kappa shape index (κ1) is 22.9. The molecule has 32 heavy (non-hydrogen) atoms. The molecule has 2 aromatic carbocycles. The standard InChI is InChI=1S/C25H32N3O2PS/c1-2-31(30)15-13-28(14-16-31)12-11-19-5-7-20(8-6-19)25(29)27-23-18-21(9-10-22(23)26)24-4-3-17-32-24/h3-10,17-18,30-31H,2,11-16,26H2,1H3,(H,27,29). The minimum absolute atomic E-state index is 0.161. The molecule has 1 amide bonds. The van der Waals surface area contributed by atoms with Gasteiger partial charge in [-0.3, -0.25) is 0 Å². The van der Waals surface area contributed by atoms with E-state index < -0.39 is 7.49 Å². The van der Waals surface area contributed by atoms with E-state index in [4.69, 9.17) is 5.73 Å². The van der Waals surface area contributed by atoms with Gasteiger partial charge in [-0.25, -0.2) is 0 Å². The van der Waals surface area contributed by atoms with Crippen molar-refractivity contribution in [3.05, 3.63) is 71.1 Å². The van der Waals surface area contributed by atoms with Crippen molar-refractivity contribution < 1.29 is 9.69 Å². The van der Waals surface area contributed by atoms with Crippen molar-refractivity contribution in [1.82, 2.24) is 4.90 Å². The number of nitrogens with zero attached hydrogens (tertiary/aromatic N) is 1. The fraction of sp³-hybridized carbons (Fsp3) is 0.320. The third-order valence-electron chi connectivity index (χ3n) is 6.48. The zero-order valence-electron chi connectivity index (χ0n) is 18.5. The molecule has 0 spiro atoms. The van der Waals surface area contributed by atoms with Crippen LogP contribution >= 0.6 is 18.8 Å². The van der Waals surface area contributed by atoms with Crippen molar-refractivity contribution in [3.63, 3.8) is 0 Å². The molecule has 0 saturated carbocycles. The van der Waals surface area contributed by atoms with Crippen LogP contribution < -0.4 is 11.1 Å². The van der Waals surface area contributed by atoms with Crippen LogP contribution in [0.15, 0.2) is 60.0 Å². The van der Waals surface area contributed by atoms with Crippen LogP contribution in [0.1, 0.15) is 22.8 Å². The first-order chi connectivity index (χ1) is 15.5. The zero-order valence-corrected chi connectivity index (χ0v) is 20.3. The molecule has 1 fully saturated rings. The van der Waals surface area contributed by atoms with Gasteiger partial charge in [0.1, 0.15) is 0 Å². The Bertz CT molecular complexity index is 1050. The van der Waals surface area contributed by atoms with E-state index in [-0.39, 0.29) is 5.91 Å². The Hall–Kier alpha value is -2.24. The summed E-state index contributed by atoms with van der Waals surface area (Å²) in [6.45, 7) is 5.12. The molecule has 1 aliphatic rings. The summed E-state index contributed by atoms with van der Waals surface area (Å²) in [5.74, 6) is -0.161. The fourth-order valence-electron chi connectivity index (χ4n) is 4.11. The molecule has 0 unspecified atom stereocenters. The van der Waals surface area contributed by atoms with Crippen molar-refractivity contribution in [2.75, 3.05) is 49.2 Å². The number of nitrogens with one attached hydrogen (secondary N) is 1. The number of carbonyl (C=O) groups is 1. The van der Waals surface area contributed by atoms with Crippen LogP contribution in [0.2, 0.25) is 0 Å². The van der Waals surface area contributed by atoms with E-state index in [0.717, 1.165) is 55.0 Å². The molecule has 5 nitrogen and oxygen atoms in total. The average Bonchev–Trinajstić information content (AvgIpc) is 3.35. The van der Waals surface area contributed by atoms with Crippen LogP contribution in [0.25, 0.3) is 10.4 Å². The second-order valence-electron chi connectivity index (χ2n) is 8.60. The molecule has 4 rings (SSSR count). The second-order valence-corrected chi connectivity index (χ2v) is 13.7. The van der Waals surface area contributed by atoms with E-state index in [1.807, 2.05) is 53.9 Å². The molecule has 7 heteroatoms. The molecule has 2 heterocycles. The minimum atomic E-state index is -1.93. The van der Waals surface area contributed by atoms with Gasteiger partial charge in [-0.2, -0.15) is 0 Å². The predicted molar refractivity (Wildman–Crippen MR) is 140 cm³/mol. The van der Waals surface area contributed by atoms with Crippen LogP contribution in [0.3, 0.4) is 0 Å². The van der Waals surface area contributed by atoms with E-state index in [0.29, 0.717) is 16.9 Å². The number of nitrogen functional groups attached to an aromatic ring is 1. The van der Waals surface area contributed by atoms with Crippen LogP contribution in [-0.2, 0) is 6.42 Å². The molecule has 0 aliphatic carbocycles. The molecular weight excluding hydrogens is 437 g/mol. The molecule has 0 atom stereocenters. The van der Waals surface area contributed by atoms with Crippen molar-refractivity contribution in [1.29, 1.82) is 0 Å². The number of thiophene rings is 1. The second kappa shape index (κ2) is 10.1. The molecule has 0 radical (unpaired) electrons. The van der Waals surface area contributed by atoms with Gasteiger partial charge in [0.2, 0.25) is 0 Å². The number of anilines is 2. The Balaban J connectivity index is 1.33. The Kier molecular flexibility index (Phi) is 7.27. The number of rotatable bonds is 7. The van der Waals surface area contributed by atoms with Gasteiger partial charge in [-0.15, -0.1) is 11.3 Å². The molecule has 1 aromatic heterocycles. The molecule has 1 aliphatic heterocycles. The first-order valence-electron chi connectivity index (χ1n) is 11.2. The summed E-state index contributed by atoms with van der Waals surface area (Å²) in [7, 11) is -1.93. The van der Waals surface area contributed by atoms with Crippen LogP contribution in [0.4, 0.5) is 11.4 Å². The molecular formula is C25H32N3O2PS. The average molecular weight is 470 g/mol. The van der Waals surface area contributed by atoms with E-state index in [1.165, 1.54) is 5.56 Å². The van der Waals surface area contributed by atoms with Gasteiger partial charge in [-0.05, 0) is 29.1 Å². The monoisotopic (exact) mass is 469 g/mol. The normalized spacial score (nSPS) is 17.1. The number of amides is 1. The summed E-state index contributed by atoms with van der Waals surface area (Å²) in [4.78, 5) is 26.9. The first-order valence-corrected chi connectivity index (χ1v) is 14.7. The number of hydrogen-bond acceptors (Lipinski definition) is 5. The molecule has 3 aromatic rings. The van der Waals surface area contributed by atoms with Gasteiger partial charge in [0, 0.05) is 4.88 Å².